The normalized spacial score (nSPS) is 20.5. The van der Waals surface area contributed by atoms with Gasteiger partial charge < -0.3 is 10.2 Å². The molecule has 0 radical (unpaired) electrons. The molecule has 0 saturated carbocycles. The van der Waals surface area contributed by atoms with Crippen molar-refractivity contribution in [3.8, 4) is 0 Å². The zero-order valence-electron chi connectivity index (χ0n) is 12.8. The van der Waals surface area contributed by atoms with Gasteiger partial charge in [-0.15, -0.1) is 5.10 Å². The lowest BCUT2D eigenvalue weighted by atomic mass is 9.85. The molecule has 1 N–H and O–H groups in total. The van der Waals surface area contributed by atoms with E-state index in [2.05, 4.69) is 39.9 Å². The highest BCUT2D eigenvalue weighted by molar-refractivity contribution is 5.75. The second-order valence-corrected chi connectivity index (χ2v) is 5.69. The Bertz CT molecular complexity index is 640. The van der Waals surface area contributed by atoms with E-state index in [9.17, 15) is 4.79 Å². The standard InChI is InChI=1S/C15H20N6O/c1-11-10-21(14(11)12-6-4-3-5-7-12)15(22)16-9-8-13-17-18-19-20(13)2/h3-7,11,14H,8-10H2,1-2H3,(H,16,22). The average molecular weight is 300 g/mol. The topological polar surface area (TPSA) is 75.9 Å². The molecule has 2 unspecified atom stereocenters. The maximum absolute atomic E-state index is 12.3. The zero-order chi connectivity index (χ0) is 15.5. The summed E-state index contributed by atoms with van der Waals surface area (Å²) in [7, 11) is 1.79. The maximum atomic E-state index is 12.3. The Balaban J connectivity index is 1.55. The smallest absolute Gasteiger partial charge is 0.317 e. The number of tetrazole rings is 1. The van der Waals surface area contributed by atoms with E-state index in [4.69, 9.17) is 0 Å². The number of benzene rings is 1. The summed E-state index contributed by atoms with van der Waals surface area (Å²) in [5, 5.41) is 14.2. The van der Waals surface area contributed by atoms with Gasteiger partial charge in [-0.1, -0.05) is 37.3 Å². The van der Waals surface area contributed by atoms with Gasteiger partial charge in [0, 0.05) is 26.6 Å². The Morgan fingerprint density at radius 3 is 2.77 bits per heavy atom. The lowest BCUT2D eigenvalue weighted by molar-refractivity contribution is 0.0594. The minimum atomic E-state index is -0.0259. The van der Waals surface area contributed by atoms with E-state index in [0.29, 0.717) is 18.9 Å². The molecule has 116 valence electrons. The Labute approximate surface area is 129 Å². The molecule has 7 heteroatoms. The number of likely N-dealkylation sites (tertiary alicyclic amines) is 1. The number of rotatable bonds is 4. The SMILES string of the molecule is CC1CN(C(=O)NCCc2nnnn2C)C1c1ccccc1. The van der Waals surface area contributed by atoms with E-state index < -0.39 is 0 Å². The van der Waals surface area contributed by atoms with Crippen molar-refractivity contribution < 1.29 is 4.79 Å². The summed E-state index contributed by atoms with van der Waals surface area (Å²) >= 11 is 0. The molecule has 2 aromatic rings. The number of aromatic nitrogens is 4. The van der Waals surface area contributed by atoms with Crippen LogP contribution in [0.4, 0.5) is 4.79 Å². The number of aryl methyl sites for hydroxylation is 1. The van der Waals surface area contributed by atoms with Crippen LogP contribution >= 0.6 is 0 Å². The molecule has 0 bridgehead atoms. The van der Waals surface area contributed by atoms with Crippen LogP contribution in [0.3, 0.4) is 0 Å². The Kier molecular flexibility index (Phi) is 4.04. The van der Waals surface area contributed by atoms with Crippen molar-refractivity contribution in [2.75, 3.05) is 13.1 Å². The number of hydrogen-bond acceptors (Lipinski definition) is 4. The average Bonchev–Trinajstić information content (AvgIpc) is 2.91. The van der Waals surface area contributed by atoms with Gasteiger partial charge in [-0.05, 0) is 21.9 Å². The van der Waals surface area contributed by atoms with Crippen molar-refractivity contribution in [1.29, 1.82) is 0 Å². The molecule has 22 heavy (non-hydrogen) atoms. The van der Waals surface area contributed by atoms with E-state index in [0.717, 1.165) is 12.4 Å². The maximum Gasteiger partial charge on any atom is 0.317 e. The highest BCUT2D eigenvalue weighted by Crippen LogP contribution is 2.38. The molecular weight excluding hydrogens is 280 g/mol. The first kappa shape index (κ1) is 14.5. The van der Waals surface area contributed by atoms with Gasteiger partial charge in [0.1, 0.15) is 0 Å². The molecule has 0 spiro atoms. The number of amides is 2. The van der Waals surface area contributed by atoms with Gasteiger partial charge in [-0.3, -0.25) is 0 Å². The summed E-state index contributed by atoms with van der Waals surface area (Å²) in [6, 6.07) is 10.3. The fraction of sp³-hybridized carbons (Fsp3) is 0.467. The van der Waals surface area contributed by atoms with Crippen LogP contribution in [-0.4, -0.2) is 44.2 Å². The quantitative estimate of drug-likeness (QED) is 0.919. The molecule has 1 aliphatic heterocycles. The van der Waals surface area contributed by atoms with Crippen LogP contribution in [0.2, 0.25) is 0 Å². The monoisotopic (exact) mass is 300 g/mol. The summed E-state index contributed by atoms with van der Waals surface area (Å²) in [6.07, 6.45) is 0.620. The molecule has 1 aromatic carbocycles. The van der Waals surface area contributed by atoms with Crippen LogP contribution in [0, 0.1) is 5.92 Å². The van der Waals surface area contributed by atoms with E-state index in [1.807, 2.05) is 23.1 Å². The molecule has 2 atom stereocenters. The lowest BCUT2D eigenvalue weighted by Gasteiger charge is -2.46. The Morgan fingerprint density at radius 1 is 1.36 bits per heavy atom. The van der Waals surface area contributed by atoms with Crippen molar-refractivity contribution in [3.63, 3.8) is 0 Å². The second kappa shape index (κ2) is 6.13. The molecule has 1 aromatic heterocycles. The number of carbonyl (C=O) groups is 1. The molecular formula is C15H20N6O. The summed E-state index contributed by atoms with van der Waals surface area (Å²) in [5.41, 5.74) is 1.19. The van der Waals surface area contributed by atoms with Crippen LogP contribution in [-0.2, 0) is 13.5 Å². The van der Waals surface area contributed by atoms with E-state index in [1.54, 1.807) is 11.7 Å². The van der Waals surface area contributed by atoms with Gasteiger partial charge in [0.15, 0.2) is 5.82 Å². The molecule has 7 nitrogen and oxygen atoms in total. The fourth-order valence-electron chi connectivity index (χ4n) is 2.90. The zero-order valence-corrected chi connectivity index (χ0v) is 12.8. The largest absolute Gasteiger partial charge is 0.338 e. The number of nitrogens with zero attached hydrogens (tertiary/aromatic N) is 5. The van der Waals surface area contributed by atoms with Crippen LogP contribution < -0.4 is 5.32 Å². The molecule has 2 heterocycles. The molecule has 0 aliphatic carbocycles. The van der Waals surface area contributed by atoms with Crippen LogP contribution in [0.1, 0.15) is 24.4 Å². The van der Waals surface area contributed by atoms with Crippen molar-refractivity contribution in [2.24, 2.45) is 13.0 Å². The molecule has 1 saturated heterocycles. The predicted molar refractivity (Wildman–Crippen MR) is 81.0 cm³/mol. The van der Waals surface area contributed by atoms with Crippen molar-refractivity contribution in [3.05, 3.63) is 41.7 Å². The molecule has 1 aliphatic rings. The second-order valence-electron chi connectivity index (χ2n) is 5.69. The first-order chi connectivity index (χ1) is 10.7. The number of urea groups is 1. The van der Waals surface area contributed by atoms with E-state index in [-0.39, 0.29) is 12.1 Å². The first-order valence-electron chi connectivity index (χ1n) is 7.47. The van der Waals surface area contributed by atoms with Gasteiger partial charge in [0.05, 0.1) is 6.04 Å². The van der Waals surface area contributed by atoms with Gasteiger partial charge in [0.2, 0.25) is 0 Å². The number of nitrogens with one attached hydrogen (secondary N) is 1. The third-order valence-corrected chi connectivity index (χ3v) is 4.09. The van der Waals surface area contributed by atoms with Gasteiger partial charge in [-0.2, -0.15) is 0 Å². The fourth-order valence-corrected chi connectivity index (χ4v) is 2.90. The summed E-state index contributed by atoms with van der Waals surface area (Å²) < 4.78 is 1.62. The lowest BCUT2D eigenvalue weighted by Crippen LogP contribution is -2.55. The van der Waals surface area contributed by atoms with Crippen LogP contribution in [0.15, 0.2) is 30.3 Å². The summed E-state index contributed by atoms with van der Waals surface area (Å²) in [5.74, 6) is 1.24. The predicted octanol–water partition coefficient (Wildman–Crippen LogP) is 1.16. The van der Waals surface area contributed by atoms with Crippen molar-refractivity contribution in [2.45, 2.75) is 19.4 Å². The molecule has 2 amide bonds. The third-order valence-electron chi connectivity index (χ3n) is 4.09. The Morgan fingerprint density at radius 2 is 2.14 bits per heavy atom. The third kappa shape index (κ3) is 2.79. The van der Waals surface area contributed by atoms with Crippen molar-refractivity contribution in [1.82, 2.24) is 30.4 Å². The first-order valence-corrected chi connectivity index (χ1v) is 7.47. The summed E-state index contributed by atoms with van der Waals surface area (Å²) in [6.45, 7) is 3.49. The van der Waals surface area contributed by atoms with Gasteiger partial charge in [0.25, 0.3) is 0 Å². The van der Waals surface area contributed by atoms with E-state index >= 15 is 0 Å². The number of hydrogen-bond donors (Lipinski definition) is 1. The minimum absolute atomic E-state index is 0.0259. The molecule has 3 rings (SSSR count). The van der Waals surface area contributed by atoms with Gasteiger partial charge >= 0.3 is 6.03 Å². The molecule has 1 fully saturated rings. The van der Waals surface area contributed by atoms with Crippen LogP contribution in [0.25, 0.3) is 0 Å². The van der Waals surface area contributed by atoms with Crippen molar-refractivity contribution >= 4 is 6.03 Å². The highest BCUT2D eigenvalue weighted by Gasteiger charge is 2.39. The van der Waals surface area contributed by atoms with Crippen LogP contribution in [0.5, 0.6) is 0 Å². The van der Waals surface area contributed by atoms with E-state index in [1.165, 1.54) is 5.56 Å². The minimum Gasteiger partial charge on any atom is -0.338 e. The van der Waals surface area contributed by atoms with Gasteiger partial charge in [-0.25, -0.2) is 9.48 Å². The summed E-state index contributed by atoms with van der Waals surface area (Å²) in [4.78, 5) is 14.2. The number of carbonyl (C=O) groups excluding carboxylic acids is 1. The Hall–Kier alpha value is -2.44. The highest BCUT2D eigenvalue weighted by atomic mass is 16.2.